The fourth-order valence-corrected chi connectivity index (χ4v) is 9.88. The van der Waals surface area contributed by atoms with Gasteiger partial charge in [-0.2, -0.15) is 43.2 Å². The molecule has 16 heteroatoms. The van der Waals surface area contributed by atoms with Crippen molar-refractivity contribution in [1.29, 1.82) is 0 Å². The van der Waals surface area contributed by atoms with Crippen molar-refractivity contribution in [3.05, 3.63) is 94.1 Å². The average molecular weight is 681 g/mol. The Morgan fingerprint density at radius 2 is 0.884 bits per heavy atom. The fourth-order valence-electron chi connectivity index (χ4n) is 5.78. The van der Waals surface area contributed by atoms with Gasteiger partial charge < -0.3 is 0 Å². The first kappa shape index (κ1) is 30.5. The van der Waals surface area contributed by atoms with Crippen LogP contribution in [0.25, 0.3) is 9.81 Å². The van der Waals surface area contributed by atoms with E-state index in [4.69, 9.17) is 0 Å². The molecule has 0 radical (unpaired) electrons. The summed E-state index contributed by atoms with van der Waals surface area (Å²) >= 11 is 1.92. The van der Waals surface area contributed by atoms with E-state index in [1.807, 2.05) is 0 Å². The van der Waals surface area contributed by atoms with Crippen LogP contribution in [0.4, 0.5) is 26.3 Å². The van der Waals surface area contributed by atoms with Crippen LogP contribution in [0, 0.1) is 0 Å². The van der Waals surface area contributed by atoms with Crippen LogP contribution in [0.1, 0.15) is 25.0 Å². The Balaban J connectivity index is 1.57. The first-order valence-electron chi connectivity index (χ1n) is 12.2. The molecule has 228 valence electrons. The molecule has 2 atom stereocenters. The van der Waals surface area contributed by atoms with Crippen LogP contribution in [0.3, 0.4) is 0 Å². The minimum absolute atomic E-state index is 0.217. The molecule has 2 aromatic rings. The number of hydrogen-bond acceptors (Lipinski definition) is 6. The maximum Gasteiger partial charge on any atom is 0.380 e. The summed E-state index contributed by atoms with van der Waals surface area (Å²) in [5.41, 5.74) is -3.28. The number of fused-ring (bicyclic) bond motifs is 4. The lowest BCUT2D eigenvalue weighted by molar-refractivity contribution is -0.258. The zero-order chi connectivity index (χ0) is 31.8. The lowest BCUT2D eigenvalue weighted by Gasteiger charge is -2.47. The van der Waals surface area contributed by atoms with Crippen LogP contribution in [0.5, 0.6) is 0 Å². The second-order valence-corrected chi connectivity index (χ2v) is 16.4. The van der Waals surface area contributed by atoms with E-state index in [-0.39, 0.29) is 20.9 Å². The first-order valence-corrected chi connectivity index (χ1v) is 16.7. The summed E-state index contributed by atoms with van der Waals surface area (Å²) in [6.45, 7) is 2.95. The van der Waals surface area contributed by atoms with Crippen molar-refractivity contribution in [1.82, 2.24) is 0 Å². The summed E-state index contributed by atoms with van der Waals surface area (Å²) < 4.78 is 153. The Morgan fingerprint density at radius 1 is 0.581 bits per heavy atom. The molecule has 0 saturated heterocycles. The third-order valence-electron chi connectivity index (χ3n) is 8.20. The molecule has 2 unspecified atom stereocenters. The minimum atomic E-state index is -5.76. The predicted octanol–water partition coefficient (Wildman–Crippen LogP) is 7.10. The minimum Gasteiger partial charge on any atom is -0.282 e. The summed E-state index contributed by atoms with van der Waals surface area (Å²) in [6.07, 6.45) is 2.27. The quantitative estimate of drug-likeness (QED) is 0.260. The number of allylic oxidation sites excluding steroid dienone is 4. The monoisotopic (exact) mass is 680 g/mol. The Bertz CT molecular complexity index is 1820. The van der Waals surface area contributed by atoms with Gasteiger partial charge in [-0.25, -0.2) is 0 Å². The van der Waals surface area contributed by atoms with Gasteiger partial charge in [0.1, 0.15) is 0 Å². The maximum atomic E-state index is 15.5. The van der Waals surface area contributed by atoms with Crippen LogP contribution in [0.2, 0.25) is 0 Å². The van der Waals surface area contributed by atoms with E-state index in [1.54, 1.807) is 0 Å². The molecule has 2 N–H and O–H groups in total. The highest BCUT2D eigenvalue weighted by atomic mass is 32.2. The normalized spacial score (nSPS) is 28.8. The van der Waals surface area contributed by atoms with E-state index in [1.165, 1.54) is 38.1 Å². The van der Waals surface area contributed by atoms with Crippen molar-refractivity contribution in [2.45, 2.75) is 50.9 Å². The van der Waals surface area contributed by atoms with Crippen LogP contribution >= 0.6 is 23.5 Å². The lowest BCUT2D eigenvalue weighted by Crippen LogP contribution is -2.48. The highest BCUT2D eigenvalue weighted by Crippen LogP contribution is 2.75. The summed E-state index contributed by atoms with van der Waals surface area (Å²) in [6, 6.07) is 9.28. The second-order valence-electron chi connectivity index (χ2n) is 10.6. The van der Waals surface area contributed by atoms with E-state index in [9.17, 15) is 34.7 Å². The zero-order valence-corrected chi connectivity index (χ0v) is 25.0. The first-order chi connectivity index (χ1) is 19.6. The van der Waals surface area contributed by atoms with Crippen molar-refractivity contribution in [2.24, 2.45) is 0 Å². The molecule has 1 saturated carbocycles. The zero-order valence-electron chi connectivity index (χ0n) is 21.7. The predicted molar refractivity (Wildman–Crippen MR) is 149 cm³/mol. The Kier molecular flexibility index (Phi) is 6.26. The van der Waals surface area contributed by atoms with E-state index >= 15 is 17.6 Å². The topological polar surface area (TPSA) is 109 Å². The fraction of sp³-hybridized carbons (Fsp3) is 0.259. The SMILES string of the molecule is CC12SC(c3ccc(S(=O)(=O)O)cc3)=CC1=C1C(=C3C=C(c4ccc(S(=O)(=O)O)cc4)SC32C)C(F)(F)C(F)(F)C1(F)F. The van der Waals surface area contributed by atoms with Crippen molar-refractivity contribution in [2.75, 3.05) is 0 Å². The highest BCUT2D eigenvalue weighted by molar-refractivity contribution is 8.14. The highest BCUT2D eigenvalue weighted by Gasteiger charge is 2.84. The molecule has 0 amide bonds. The van der Waals surface area contributed by atoms with E-state index < -0.39 is 79.6 Å². The van der Waals surface area contributed by atoms with Gasteiger partial charge in [-0.15, -0.1) is 23.5 Å². The second kappa shape index (κ2) is 8.81. The standard InChI is InChI=1S/C27H18F6O6S4/c1-23-17(11-19(40-23)13-3-7-15(8-4-13)42(34,35)36)21-22(26(30,31)27(32,33)25(21,28)29)18-12-20(41-24(18,23)2)14-5-9-16(10-6-14)43(37,38)39/h3-12H,1-2H3,(H,34,35,36)(H,37,38,39). The van der Waals surface area contributed by atoms with Gasteiger partial charge in [0.2, 0.25) is 0 Å². The van der Waals surface area contributed by atoms with Crippen LogP contribution in [0.15, 0.2) is 92.8 Å². The molecule has 2 heterocycles. The van der Waals surface area contributed by atoms with Crippen LogP contribution < -0.4 is 0 Å². The Morgan fingerprint density at radius 3 is 1.16 bits per heavy atom. The third-order valence-corrected chi connectivity index (χ3v) is 13.3. The average Bonchev–Trinajstić information content (AvgIpc) is 3.48. The molecular weight excluding hydrogens is 663 g/mol. The molecule has 1 fully saturated rings. The van der Waals surface area contributed by atoms with E-state index in [0.717, 1.165) is 59.9 Å². The van der Waals surface area contributed by atoms with Gasteiger partial charge in [-0.3, -0.25) is 9.11 Å². The molecule has 2 aromatic carbocycles. The summed E-state index contributed by atoms with van der Waals surface area (Å²) in [7, 11) is -9.12. The van der Waals surface area contributed by atoms with Gasteiger partial charge in [-0.05, 0) is 72.5 Å². The van der Waals surface area contributed by atoms with Crippen molar-refractivity contribution in [3.63, 3.8) is 0 Å². The van der Waals surface area contributed by atoms with E-state index in [2.05, 4.69) is 0 Å². The molecule has 2 aliphatic heterocycles. The molecule has 43 heavy (non-hydrogen) atoms. The molecule has 0 bridgehead atoms. The largest absolute Gasteiger partial charge is 0.380 e. The number of thioether (sulfide) groups is 2. The molecule has 0 aromatic heterocycles. The van der Waals surface area contributed by atoms with Crippen LogP contribution in [-0.2, 0) is 20.2 Å². The molecule has 6 rings (SSSR count). The third kappa shape index (κ3) is 3.96. The smallest absolute Gasteiger partial charge is 0.282 e. The maximum absolute atomic E-state index is 15.5. The van der Waals surface area contributed by atoms with Crippen LogP contribution in [-0.4, -0.2) is 53.2 Å². The number of hydrogen-bond donors (Lipinski definition) is 2. The van der Waals surface area contributed by atoms with Crippen molar-refractivity contribution < 1.29 is 52.3 Å². The van der Waals surface area contributed by atoms with Gasteiger partial charge in [0, 0.05) is 21.0 Å². The summed E-state index contributed by atoms with van der Waals surface area (Å²) in [5.74, 6) is -16.3. The van der Waals surface area contributed by atoms with Gasteiger partial charge in [-0.1, -0.05) is 24.3 Å². The Hall–Kier alpha value is -2.50. The molecule has 6 nitrogen and oxygen atoms in total. The molecule has 0 spiro atoms. The van der Waals surface area contributed by atoms with Gasteiger partial charge in [0.05, 0.1) is 19.3 Å². The summed E-state index contributed by atoms with van der Waals surface area (Å²) in [4.78, 5) is -0.472. The number of benzene rings is 2. The molecule has 4 aliphatic rings. The van der Waals surface area contributed by atoms with E-state index in [0.29, 0.717) is 0 Å². The Labute approximate surface area is 250 Å². The number of halogens is 6. The number of rotatable bonds is 4. The van der Waals surface area contributed by atoms with Gasteiger partial charge >= 0.3 is 17.8 Å². The molecular formula is C27H18F6O6S4. The van der Waals surface area contributed by atoms with Crippen molar-refractivity contribution in [3.8, 4) is 0 Å². The lowest BCUT2D eigenvalue weighted by atomic mass is 9.71. The number of alkyl halides is 6. The van der Waals surface area contributed by atoms with Gasteiger partial charge in [0.25, 0.3) is 20.2 Å². The summed E-state index contributed by atoms with van der Waals surface area (Å²) in [5, 5.41) is 0. The molecule has 2 aliphatic carbocycles. The van der Waals surface area contributed by atoms with Crippen molar-refractivity contribution >= 4 is 53.6 Å². The van der Waals surface area contributed by atoms with Gasteiger partial charge in [0.15, 0.2) is 0 Å².